The lowest BCUT2D eigenvalue weighted by Crippen LogP contribution is -2.30. The van der Waals surface area contributed by atoms with Gasteiger partial charge in [-0.25, -0.2) is 4.79 Å². The summed E-state index contributed by atoms with van der Waals surface area (Å²) in [6, 6.07) is 7.35. The Morgan fingerprint density at radius 1 is 1.41 bits per heavy atom. The Balaban J connectivity index is 2.05. The van der Waals surface area contributed by atoms with E-state index in [0.717, 1.165) is 5.56 Å². The van der Waals surface area contributed by atoms with Gasteiger partial charge in [0.25, 0.3) is 0 Å². The Labute approximate surface area is 104 Å². The van der Waals surface area contributed by atoms with Gasteiger partial charge in [-0.15, -0.1) is 0 Å². The average Bonchev–Trinajstić information content (AvgIpc) is 2.54. The highest BCUT2D eigenvalue weighted by molar-refractivity contribution is 6.31. The van der Waals surface area contributed by atoms with Gasteiger partial charge in [0.15, 0.2) is 0 Å². The van der Waals surface area contributed by atoms with Crippen LogP contribution in [0.1, 0.15) is 19.4 Å². The molecule has 0 unspecified atom stereocenters. The summed E-state index contributed by atoms with van der Waals surface area (Å²) in [6.45, 7) is 3.67. The lowest BCUT2D eigenvalue weighted by atomic mass is 9.94. The number of halogens is 1. The summed E-state index contributed by atoms with van der Waals surface area (Å²) in [5, 5.41) is 4.24. The zero-order valence-electron chi connectivity index (χ0n) is 9.57. The quantitative estimate of drug-likeness (QED) is 0.762. The smallest absolute Gasteiger partial charge is 0.350 e. The number of carbonyl (C=O) groups is 1. The van der Waals surface area contributed by atoms with Crippen LogP contribution in [-0.2, 0) is 21.0 Å². The highest BCUT2D eigenvalue weighted by Crippen LogP contribution is 2.27. The molecule has 90 valence electrons. The van der Waals surface area contributed by atoms with Crippen molar-refractivity contribution >= 4 is 23.5 Å². The van der Waals surface area contributed by atoms with Crippen molar-refractivity contribution in [1.82, 2.24) is 0 Å². The standard InChI is InChI=1S/C12H12ClNO3/c1-12(2)10(14-17-11(12)15)16-7-8-5-3-4-6-9(8)13/h3-6H,7H2,1-2H3. The first-order valence-electron chi connectivity index (χ1n) is 5.18. The number of nitrogens with zero attached hydrogens (tertiary/aromatic N) is 1. The Bertz CT molecular complexity index is 482. The first-order chi connectivity index (χ1) is 8.01. The lowest BCUT2D eigenvalue weighted by Gasteiger charge is -2.15. The third-order valence-electron chi connectivity index (χ3n) is 2.58. The van der Waals surface area contributed by atoms with Crippen molar-refractivity contribution in [2.24, 2.45) is 10.6 Å². The van der Waals surface area contributed by atoms with Gasteiger partial charge in [-0.2, -0.15) is 0 Å². The van der Waals surface area contributed by atoms with E-state index in [0.29, 0.717) is 5.02 Å². The molecule has 1 aromatic rings. The lowest BCUT2D eigenvalue weighted by molar-refractivity contribution is -0.146. The topological polar surface area (TPSA) is 47.9 Å². The highest BCUT2D eigenvalue weighted by atomic mass is 35.5. The van der Waals surface area contributed by atoms with Crippen LogP contribution in [0.25, 0.3) is 0 Å². The van der Waals surface area contributed by atoms with E-state index < -0.39 is 11.4 Å². The van der Waals surface area contributed by atoms with Gasteiger partial charge in [-0.05, 0) is 25.1 Å². The summed E-state index contributed by atoms with van der Waals surface area (Å²) in [4.78, 5) is 15.9. The van der Waals surface area contributed by atoms with E-state index in [2.05, 4.69) is 9.99 Å². The molecule has 1 aromatic carbocycles. The molecule has 0 saturated heterocycles. The van der Waals surface area contributed by atoms with Gasteiger partial charge >= 0.3 is 5.97 Å². The first-order valence-corrected chi connectivity index (χ1v) is 5.56. The minimum Gasteiger partial charge on any atom is -0.473 e. The van der Waals surface area contributed by atoms with E-state index in [1.807, 2.05) is 18.2 Å². The molecule has 5 heteroatoms. The van der Waals surface area contributed by atoms with Crippen LogP contribution in [0.4, 0.5) is 0 Å². The van der Waals surface area contributed by atoms with E-state index in [1.54, 1.807) is 19.9 Å². The minimum atomic E-state index is -0.832. The number of oxime groups is 1. The van der Waals surface area contributed by atoms with Gasteiger partial charge in [-0.1, -0.05) is 29.8 Å². The molecule has 4 nitrogen and oxygen atoms in total. The molecule has 0 fully saturated rings. The number of carbonyl (C=O) groups excluding carboxylic acids is 1. The van der Waals surface area contributed by atoms with E-state index in [4.69, 9.17) is 16.3 Å². The van der Waals surface area contributed by atoms with Crippen LogP contribution in [0.2, 0.25) is 5.02 Å². The Morgan fingerprint density at radius 3 is 2.71 bits per heavy atom. The summed E-state index contributed by atoms with van der Waals surface area (Å²) in [5.74, 6) is -0.130. The van der Waals surface area contributed by atoms with Crippen LogP contribution >= 0.6 is 11.6 Å². The van der Waals surface area contributed by atoms with Crippen molar-refractivity contribution in [2.75, 3.05) is 0 Å². The van der Waals surface area contributed by atoms with Crippen LogP contribution < -0.4 is 0 Å². The number of hydrogen-bond donors (Lipinski definition) is 0. The fourth-order valence-electron chi connectivity index (χ4n) is 1.37. The molecule has 0 saturated carbocycles. The zero-order chi connectivity index (χ0) is 12.5. The van der Waals surface area contributed by atoms with Crippen LogP contribution in [0.15, 0.2) is 29.4 Å². The van der Waals surface area contributed by atoms with Gasteiger partial charge in [0.1, 0.15) is 12.0 Å². The molecule has 0 N–H and O–H groups in total. The predicted molar refractivity (Wildman–Crippen MR) is 63.5 cm³/mol. The summed E-state index contributed by atoms with van der Waals surface area (Å²) < 4.78 is 5.48. The maximum Gasteiger partial charge on any atom is 0.350 e. The second kappa shape index (κ2) is 4.37. The molecule has 1 aliphatic heterocycles. The summed E-state index contributed by atoms with van der Waals surface area (Å²) in [7, 11) is 0. The Morgan fingerprint density at radius 2 is 2.12 bits per heavy atom. The van der Waals surface area contributed by atoms with Crippen molar-refractivity contribution < 1.29 is 14.4 Å². The van der Waals surface area contributed by atoms with Gasteiger partial charge in [0.2, 0.25) is 5.90 Å². The normalized spacial score (nSPS) is 17.6. The number of rotatable bonds is 2. The van der Waals surface area contributed by atoms with Crippen molar-refractivity contribution in [3.8, 4) is 0 Å². The first kappa shape index (κ1) is 11.9. The molecule has 2 rings (SSSR count). The number of hydrogen-bond acceptors (Lipinski definition) is 4. The Kier molecular flexibility index (Phi) is 3.07. The third-order valence-corrected chi connectivity index (χ3v) is 2.95. The molecule has 0 bridgehead atoms. The molecular weight excluding hydrogens is 242 g/mol. The number of benzene rings is 1. The predicted octanol–water partition coefficient (Wildman–Crippen LogP) is 2.75. The Hall–Kier alpha value is -1.55. The molecule has 0 atom stereocenters. The molecule has 17 heavy (non-hydrogen) atoms. The highest BCUT2D eigenvalue weighted by Gasteiger charge is 2.43. The van der Waals surface area contributed by atoms with E-state index in [-0.39, 0.29) is 12.5 Å². The molecular formula is C12H12ClNO3. The summed E-state index contributed by atoms with van der Waals surface area (Å²) >= 11 is 5.99. The van der Waals surface area contributed by atoms with E-state index in [9.17, 15) is 4.79 Å². The van der Waals surface area contributed by atoms with Crippen LogP contribution in [0, 0.1) is 5.41 Å². The largest absolute Gasteiger partial charge is 0.473 e. The molecule has 0 radical (unpaired) electrons. The number of ether oxygens (including phenoxy) is 1. The van der Waals surface area contributed by atoms with Crippen LogP contribution in [0.5, 0.6) is 0 Å². The second-order valence-corrected chi connectivity index (χ2v) is 4.69. The van der Waals surface area contributed by atoms with Crippen LogP contribution in [0.3, 0.4) is 0 Å². The monoisotopic (exact) mass is 253 g/mol. The van der Waals surface area contributed by atoms with Crippen molar-refractivity contribution in [2.45, 2.75) is 20.5 Å². The third kappa shape index (κ3) is 2.26. The molecule has 0 amide bonds. The summed E-state index contributed by atoms with van der Waals surface area (Å²) in [5.41, 5.74) is 0.00774. The zero-order valence-corrected chi connectivity index (χ0v) is 10.3. The van der Waals surface area contributed by atoms with Gasteiger partial charge in [-0.3, -0.25) is 0 Å². The van der Waals surface area contributed by atoms with Gasteiger partial charge < -0.3 is 9.57 Å². The van der Waals surface area contributed by atoms with Crippen molar-refractivity contribution in [1.29, 1.82) is 0 Å². The fourth-order valence-corrected chi connectivity index (χ4v) is 1.56. The molecule has 1 heterocycles. The second-order valence-electron chi connectivity index (χ2n) is 4.28. The molecule has 0 spiro atoms. The minimum absolute atomic E-state index is 0.262. The molecule has 0 aliphatic carbocycles. The maximum atomic E-state index is 11.3. The maximum absolute atomic E-state index is 11.3. The SMILES string of the molecule is CC1(C)C(=O)ON=C1OCc1ccccc1Cl. The summed E-state index contributed by atoms with van der Waals surface area (Å²) in [6.07, 6.45) is 0. The van der Waals surface area contributed by atoms with Crippen molar-refractivity contribution in [3.63, 3.8) is 0 Å². The van der Waals surface area contributed by atoms with Crippen molar-refractivity contribution in [3.05, 3.63) is 34.9 Å². The fraction of sp³-hybridized carbons (Fsp3) is 0.333. The van der Waals surface area contributed by atoms with E-state index in [1.165, 1.54) is 0 Å². The molecule has 1 aliphatic rings. The van der Waals surface area contributed by atoms with E-state index >= 15 is 0 Å². The van der Waals surface area contributed by atoms with Crippen LogP contribution in [-0.4, -0.2) is 11.9 Å². The van der Waals surface area contributed by atoms with Gasteiger partial charge in [0.05, 0.1) is 0 Å². The average molecular weight is 254 g/mol. The van der Waals surface area contributed by atoms with Gasteiger partial charge in [0, 0.05) is 10.6 Å². The molecule has 0 aromatic heterocycles.